The summed E-state index contributed by atoms with van der Waals surface area (Å²) in [6.07, 6.45) is -5.51. The summed E-state index contributed by atoms with van der Waals surface area (Å²) in [7, 11) is 0. The minimum absolute atomic E-state index is 0.0799. The molecule has 1 saturated heterocycles. The summed E-state index contributed by atoms with van der Waals surface area (Å²) in [6, 6.07) is -4.74. The quantitative estimate of drug-likeness (QED) is 0.474. The third-order valence-electron chi connectivity index (χ3n) is 1.75. The summed E-state index contributed by atoms with van der Waals surface area (Å²) < 4.78 is 65.1. The second kappa shape index (κ2) is 3.38. The summed E-state index contributed by atoms with van der Waals surface area (Å²) >= 11 is 0. The van der Waals surface area contributed by atoms with Crippen LogP contribution in [0.4, 0.5) is 22.0 Å². The molecule has 1 fully saturated rings. The third kappa shape index (κ3) is 2.08. The van der Waals surface area contributed by atoms with E-state index in [1.807, 2.05) is 0 Å². The maximum atomic E-state index is 12.6. The van der Waals surface area contributed by atoms with Crippen LogP contribution in [0.5, 0.6) is 0 Å². The first-order chi connectivity index (χ1) is 5.86. The standard InChI is InChI=1S/C6H8F5NO/c7-5(8,9)6(10,11)12-1-3-13-4-2-12/h1-4H2. The topological polar surface area (TPSA) is 12.5 Å². The Morgan fingerprint density at radius 3 is 1.77 bits per heavy atom. The minimum Gasteiger partial charge on any atom is -0.379 e. The SMILES string of the molecule is FC(F)(F)C(F)(F)N1CCOCC1. The predicted octanol–water partition coefficient (Wildman–Crippen LogP) is 1.47. The van der Waals surface area contributed by atoms with Gasteiger partial charge in [0.15, 0.2) is 0 Å². The Morgan fingerprint density at radius 2 is 1.38 bits per heavy atom. The van der Waals surface area contributed by atoms with Gasteiger partial charge in [-0.25, -0.2) is 4.90 Å². The second-order valence-corrected chi connectivity index (χ2v) is 2.64. The van der Waals surface area contributed by atoms with Gasteiger partial charge < -0.3 is 4.74 Å². The molecule has 0 spiro atoms. The molecule has 13 heavy (non-hydrogen) atoms. The molecule has 1 aliphatic heterocycles. The van der Waals surface area contributed by atoms with Crippen molar-refractivity contribution in [1.82, 2.24) is 4.90 Å². The number of hydrogen-bond acceptors (Lipinski definition) is 2. The highest BCUT2D eigenvalue weighted by Crippen LogP contribution is 2.38. The first kappa shape index (κ1) is 10.6. The van der Waals surface area contributed by atoms with Gasteiger partial charge in [0.2, 0.25) is 0 Å². The zero-order chi connectivity index (χ0) is 10.1. The van der Waals surface area contributed by atoms with Crippen LogP contribution in [0.3, 0.4) is 0 Å². The van der Waals surface area contributed by atoms with E-state index in [9.17, 15) is 22.0 Å². The molecule has 1 aliphatic rings. The first-order valence-electron chi connectivity index (χ1n) is 3.63. The normalized spacial score (nSPS) is 21.9. The zero-order valence-electron chi connectivity index (χ0n) is 6.57. The van der Waals surface area contributed by atoms with Gasteiger partial charge in [-0.15, -0.1) is 0 Å². The summed E-state index contributed by atoms with van der Waals surface area (Å²) in [5.74, 6) is 0. The van der Waals surface area contributed by atoms with Gasteiger partial charge in [0, 0.05) is 13.1 Å². The average Bonchev–Trinajstić information content (AvgIpc) is 2.04. The lowest BCUT2D eigenvalue weighted by Crippen LogP contribution is -2.56. The van der Waals surface area contributed by atoms with Crippen LogP contribution in [0.2, 0.25) is 0 Å². The Bertz CT molecular complexity index is 174. The van der Waals surface area contributed by atoms with Gasteiger partial charge in [0.1, 0.15) is 0 Å². The van der Waals surface area contributed by atoms with E-state index in [4.69, 9.17) is 0 Å². The number of nitrogens with zero attached hydrogens (tertiary/aromatic N) is 1. The molecule has 0 N–H and O–H groups in total. The molecule has 0 aromatic rings. The molecule has 0 amide bonds. The van der Waals surface area contributed by atoms with Crippen molar-refractivity contribution in [2.75, 3.05) is 26.3 Å². The van der Waals surface area contributed by atoms with Crippen LogP contribution in [-0.4, -0.2) is 43.4 Å². The summed E-state index contributed by atoms with van der Waals surface area (Å²) in [5, 5.41) is 0. The maximum Gasteiger partial charge on any atom is 0.469 e. The fourth-order valence-corrected chi connectivity index (χ4v) is 1.02. The van der Waals surface area contributed by atoms with Crippen molar-refractivity contribution < 1.29 is 26.7 Å². The van der Waals surface area contributed by atoms with E-state index in [2.05, 4.69) is 4.74 Å². The van der Waals surface area contributed by atoms with Gasteiger partial charge in [-0.05, 0) is 0 Å². The van der Waals surface area contributed by atoms with Crippen LogP contribution in [-0.2, 0) is 4.74 Å². The number of alkyl halides is 5. The summed E-state index contributed by atoms with van der Waals surface area (Å²) in [4.78, 5) is 0.0799. The largest absolute Gasteiger partial charge is 0.469 e. The van der Waals surface area contributed by atoms with Gasteiger partial charge in [-0.2, -0.15) is 22.0 Å². The van der Waals surface area contributed by atoms with Gasteiger partial charge in [-0.3, -0.25) is 0 Å². The molecule has 7 heteroatoms. The molecule has 0 bridgehead atoms. The van der Waals surface area contributed by atoms with Crippen molar-refractivity contribution in [3.8, 4) is 0 Å². The fraction of sp³-hybridized carbons (Fsp3) is 1.00. The number of halogens is 5. The van der Waals surface area contributed by atoms with Crippen LogP contribution in [0.1, 0.15) is 0 Å². The van der Waals surface area contributed by atoms with E-state index in [0.717, 1.165) is 0 Å². The van der Waals surface area contributed by atoms with Gasteiger partial charge in [-0.1, -0.05) is 0 Å². The predicted molar refractivity (Wildman–Crippen MR) is 33.4 cm³/mol. The smallest absolute Gasteiger partial charge is 0.379 e. The van der Waals surface area contributed by atoms with E-state index in [1.54, 1.807) is 0 Å². The molecule has 2 nitrogen and oxygen atoms in total. The molecule has 0 saturated carbocycles. The first-order valence-corrected chi connectivity index (χ1v) is 3.63. The molecule has 78 valence electrons. The third-order valence-corrected chi connectivity index (χ3v) is 1.75. The molecule has 0 atom stereocenters. The van der Waals surface area contributed by atoms with E-state index in [0.29, 0.717) is 0 Å². The monoisotopic (exact) mass is 205 g/mol. The number of hydrogen-bond donors (Lipinski definition) is 0. The lowest BCUT2D eigenvalue weighted by atomic mass is 10.3. The Labute approximate surface area is 71.3 Å². The van der Waals surface area contributed by atoms with Crippen molar-refractivity contribution in [3.05, 3.63) is 0 Å². The fourth-order valence-electron chi connectivity index (χ4n) is 1.02. The Hall–Kier alpha value is -0.430. The number of morpholine rings is 1. The highest BCUT2D eigenvalue weighted by Gasteiger charge is 2.61. The van der Waals surface area contributed by atoms with Gasteiger partial charge in [0.05, 0.1) is 13.2 Å². The molecule has 0 radical (unpaired) electrons. The zero-order valence-corrected chi connectivity index (χ0v) is 6.57. The molecule has 1 heterocycles. The molecule has 0 unspecified atom stereocenters. The molecule has 0 aromatic carbocycles. The lowest BCUT2D eigenvalue weighted by Gasteiger charge is -2.34. The van der Waals surface area contributed by atoms with Crippen LogP contribution < -0.4 is 0 Å². The van der Waals surface area contributed by atoms with Crippen LogP contribution in [0.25, 0.3) is 0 Å². The Kier molecular flexibility index (Phi) is 2.76. The van der Waals surface area contributed by atoms with E-state index in [-0.39, 0.29) is 18.1 Å². The highest BCUT2D eigenvalue weighted by molar-refractivity contribution is 4.78. The van der Waals surface area contributed by atoms with E-state index < -0.39 is 25.3 Å². The van der Waals surface area contributed by atoms with Gasteiger partial charge >= 0.3 is 12.2 Å². The van der Waals surface area contributed by atoms with Crippen molar-refractivity contribution in [2.24, 2.45) is 0 Å². The molecule has 0 aromatic heterocycles. The number of rotatable bonds is 1. The maximum absolute atomic E-state index is 12.6. The number of ether oxygens (including phenoxy) is 1. The summed E-state index contributed by atoms with van der Waals surface area (Å²) in [5.41, 5.74) is 0. The van der Waals surface area contributed by atoms with E-state index >= 15 is 0 Å². The highest BCUT2D eigenvalue weighted by atomic mass is 19.4. The molecular formula is C6H8F5NO. The van der Waals surface area contributed by atoms with Crippen molar-refractivity contribution >= 4 is 0 Å². The minimum atomic E-state index is -5.51. The summed E-state index contributed by atoms with van der Waals surface area (Å²) in [6.45, 7) is -0.976. The van der Waals surface area contributed by atoms with Crippen molar-refractivity contribution in [1.29, 1.82) is 0 Å². The molecule has 0 aliphatic carbocycles. The Balaban J connectivity index is 2.67. The van der Waals surface area contributed by atoms with Crippen molar-refractivity contribution in [3.63, 3.8) is 0 Å². The Morgan fingerprint density at radius 1 is 0.923 bits per heavy atom. The van der Waals surface area contributed by atoms with Crippen LogP contribution in [0, 0.1) is 0 Å². The van der Waals surface area contributed by atoms with Gasteiger partial charge in [0.25, 0.3) is 0 Å². The average molecular weight is 205 g/mol. The van der Waals surface area contributed by atoms with Crippen LogP contribution in [0.15, 0.2) is 0 Å². The second-order valence-electron chi connectivity index (χ2n) is 2.64. The van der Waals surface area contributed by atoms with Crippen LogP contribution >= 0.6 is 0 Å². The van der Waals surface area contributed by atoms with Crippen molar-refractivity contribution in [2.45, 2.75) is 12.2 Å². The molecular weight excluding hydrogens is 197 g/mol. The van der Waals surface area contributed by atoms with E-state index in [1.165, 1.54) is 0 Å². The lowest BCUT2D eigenvalue weighted by molar-refractivity contribution is -0.346. The molecule has 1 rings (SSSR count).